The van der Waals surface area contributed by atoms with Gasteiger partial charge in [-0.1, -0.05) is 35.3 Å². The monoisotopic (exact) mass is 322 g/mol. The Kier molecular flexibility index (Phi) is 3.61. The van der Waals surface area contributed by atoms with E-state index in [2.05, 4.69) is 15.1 Å². The summed E-state index contributed by atoms with van der Waals surface area (Å²) in [4.78, 5) is 8.44. The maximum atomic E-state index is 13.3. The van der Waals surface area contributed by atoms with E-state index >= 15 is 0 Å². The summed E-state index contributed by atoms with van der Waals surface area (Å²) in [6.07, 6.45) is 3.37. The van der Waals surface area contributed by atoms with Crippen molar-refractivity contribution in [2.45, 2.75) is 0 Å². The molecule has 4 nitrogen and oxygen atoms in total. The van der Waals surface area contributed by atoms with Gasteiger partial charge < -0.3 is 0 Å². The minimum Gasteiger partial charge on any atom is -0.275 e. The number of halogens is 3. The minimum absolute atomic E-state index is 0.166. The third-order valence-corrected chi connectivity index (χ3v) is 3.44. The lowest BCUT2D eigenvalue weighted by Gasteiger charge is -2.07. The van der Waals surface area contributed by atoms with E-state index in [1.807, 2.05) is 0 Å². The van der Waals surface area contributed by atoms with Crippen LogP contribution in [-0.4, -0.2) is 19.7 Å². The van der Waals surface area contributed by atoms with Crippen LogP contribution in [0.5, 0.6) is 0 Å². The van der Waals surface area contributed by atoms with Crippen LogP contribution >= 0.6 is 23.2 Å². The number of hydrogen-bond donors (Lipinski definition) is 0. The Balaban J connectivity index is 2.12. The average molecular weight is 323 g/mol. The number of aryl methyl sites for hydroxylation is 1. The normalized spacial score (nSPS) is 10.9. The highest BCUT2D eigenvalue weighted by atomic mass is 35.5. The summed E-state index contributed by atoms with van der Waals surface area (Å²) in [6.45, 7) is 0. The molecule has 0 radical (unpaired) electrons. The van der Waals surface area contributed by atoms with Gasteiger partial charge in [0.1, 0.15) is 16.1 Å². The zero-order chi connectivity index (χ0) is 15.0. The first kappa shape index (κ1) is 14.0. The van der Waals surface area contributed by atoms with E-state index < -0.39 is 0 Å². The fourth-order valence-corrected chi connectivity index (χ4v) is 2.56. The molecule has 0 aliphatic heterocycles. The fraction of sp³-hybridized carbons (Fsp3) is 0.0714. The summed E-state index contributed by atoms with van der Waals surface area (Å²) in [5.74, 6) is -0.00535. The molecule has 2 heterocycles. The number of aromatic nitrogens is 4. The zero-order valence-electron chi connectivity index (χ0n) is 10.9. The molecule has 0 N–H and O–H groups in total. The van der Waals surface area contributed by atoms with Crippen LogP contribution < -0.4 is 0 Å². The van der Waals surface area contributed by atoms with Crippen molar-refractivity contribution >= 4 is 23.2 Å². The fourth-order valence-electron chi connectivity index (χ4n) is 1.96. The Morgan fingerprint density at radius 2 is 1.81 bits per heavy atom. The summed E-state index contributed by atoms with van der Waals surface area (Å²) < 4.78 is 15.0. The predicted octanol–water partition coefficient (Wildman–Crippen LogP) is 3.99. The van der Waals surface area contributed by atoms with Gasteiger partial charge in [-0.15, -0.1) is 0 Å². The van der Waals surface area contributed by atoms with Gasteiger partial charge in [0.15, 0.2) is 5.82 Å². The van der Waals surface area contributed by atoms with Crippen molar-refractivity contribution in [3.05, 3.63) is 52.8 Å². The summed E-state index contributed by atoms with van der Waals surface area (Å²) in [5, 5.41) is 4.38. The van der Waals surface area contributed by atoms with Gasteiger partial charge in [0.05, 0.1) is 17.3 Å². The molecule has 106 valence electrons. The molecular formula is C14H9Cl2FN4. The van der Waals surface area contributed by atoms with Gasteiger partial charge >= 0.3 is 0 Å². The molecule has 0 saturated carbocycles. The second-order valence-corrected chi connectivity index (χ2v) is 5.13. The van der Waals surface area contributed by atoms with Crippen LogP contribution in [0.4, 0.5) is 4.39 Å². The molecule has 0 amide bonds. The largest absolute Gasteiger partial charge is 0.275 e. The molecule has 0 aliphatic carbocycles. The Morgan fingerprint density at radius 1 is 1.10 bits per heavy atom. The van der Waals surface area contributed by atoms with E-state index in [1.54, 1.807) is 36.3 Å². The Morgan fingerprint density at radius 3 is 2.38 bits per heavy atom. The molecule has 2 aromatic heterocycles. The van der Waals surface area contributed by atoms with Gasteiger partial charge in [-0.25, -0.2) is 14.4 Å². The molecule has 0 unspecified atom stereocenters. The molecular weight excluding hydrogens is 314 g/mol. The highest BCUT2D eigenvalue weighted by molar-refractivity contribution is 6.37. The highest BCUT2D eigenvalue weighted by Crippen LogP contribution is 2.34. The van der Waals surface area contributed by atoms with Crippen LogP contribution in [0.3, 0.4) is 0 Å². The van der Waals surface area contributed by atoms with E-state index in [4.69, 9.17) is 23.2 Å². The van der Waals surface area contributed by atoms with Crippen molar-refractivity contribution in [3.63, 3.8) is 0 Å². The zero-order valence-corrected chi connectivity index (χ0v) is 12.4. The molecule has 0 saturated heterocycles. The van der Waals surface area contributed by atoms with Crippen LogP contribution in [0.1, 0.15) is 0 Å². The summed E-state index contributed by atoms with van der Waals surface area (Å²) in [5.41, 5.74) is 1.64. The molecule has 0 aliphatic rings. The molecule has 21 heavy (non-hydrogen) atoms. The van der Waals surface area contributed by atoms with E-state index in [-0.39, 0.29) is 16.1 Å². The Hall–Kier alpha value is -1.98. The molecule has 3 aromatic rings. The van der Waals surface area contributed by atoms with Crippen molar-refractivity contribution in [2.75, 3.05) is 0 Å². The summed E-state index contributed by atoms with van der Waals surface area (Å²) in [7, 11) is 1.79. The van der Waals surface area contributed by atoms with Gasteiger partial charge in [0, 0.05) is 13.2 Å². The average Bonchev–Trinajstić information content (AvgIpc) is 2.85. The van der Waals surface area contributed by atoms with Crippen LogP contribution in [0, 0.1) is 5.82 Å². The van der Waals surface area contributed by atoms with Crippen LogP contribution in [-0.2, 0) is 7.05 Å². The Labute approximate surface area is 130 Å². The maximum absolute atomic E-state index is 13.3. The van der Waals surface area contributed by atoms with Gasteiger partial charge in [-0.05, 0) is 17.7 Å². The molecule has 1 aromatic carbocycles. The number of nitrogens with zero attached hydrogens (tertiary/aromatic N) is 4. The third-order valence-electron chi connectivity index (χ3n) is 2.90. The van der Waals surface area contributed by atoms with Crippen LogP contribution in [0.25, 0.3) is 22.5 Å². The van der Waals surface area contributed by atoms with Crippen molar-refractivity contribution in [2.24, 2.45) is 7.05 Å². The summed E-state index contributed by atoms with van der Waals surface area (Å²) >= 11 is 12.4. The topological polar surface area (TPSA) is 43.6 Å². The van der Waals surface area contributed by atoms with Gasteiger partial charge in [-0.2, -0.15) is 5.10 Å². The number of hydrogen-bond acceptors (Lipinski definition) is 3. The summed E-state index contributed by atoms with van der Waals surface area (Å²) in [6, 6.07) is 5.95. The lowest BCUT2D eigenvalue weighted by atomic mass is 10.1. The SMILES string of the molecule is Cn1cc(-c2nc(Cl)c(-c3cccc(F)c3)c(Cl)n2)cn1. The second-order valence-electron chi connectivity index (χ2n) is 4.42. The van der Waals surface area contributed by atoms with Crippen molar-refractivity contribution < 1.29 is 4.39 Å². The van der Waals surface area contributed by atoms with E-state index in [9.17, 15) is 4.39 Å². The minimum atomic E-state index is -0.379. The molecule has 3 rings (SSSR count). The first-order valence-electron chi connectivity index (χ1n) is 6.02. The molecule has 7 heteroatoms. The van der Waals surface area contributed by atoms with E-state index in [1.165, 1.54) is 12.1 Å². The maximum Gasteiger partial charge on any atom is 0.165 e. The quantitative estimate of drug-likeness (QED) is 0.670. The number of benzene rings is 1. The van der Waals surface area contributed by atoms with Crippen LogP contribution in [0.15, 0.2) is 36.7 Å². The van der Waals surface area contributed by atoms with Crippen LogP contribution in [0.2, 0.25) is 10.3 Å². The highest BCUT2D eigenvalue weighted by Gasteiger charge is 2.15. The van der Waals surface area contributed by atoms with E-state index in [0.717, 1.165) is 0 Å². The van der Waals surface area contributed by atoms with Gasteiger partial charge in [0.2, 0.25) is 0 Å². The van der Waals surface area contributed by atoms with E-state index in [0.29, 0.717) is 22.5 Å². The van der Waals surface area contributed by atoms with Gasteiger partial charge in [-0.3, -0.25) is 4.68 Å². The Bertz CT molecular complexity index is 793. The first-order valence-corrected chi connectivity index (χ1v) is 6.78. The van der Waals surface area contributed by atoms with Crippen molar-refractivity contribution in [1.82, 2.24) is 19.7 Å². The number of rotatable bonds is 2. The van der Waals surface area contributed by atoms with Crippen molar-refractivity contribution in [1.29, 1.82) is 0 Å². The smallest absolute Gasteiger partial charge is 0.165 e. The second kappa shape index (κ2) is 5.42. The lowest BCUT2D eigenvalue weighted by molar-refractivity contribution is 0.628. The molecule has 0 spiro atoms. The lowest BCUT2D eigenvalue weighted by Crippen LogP contribution is -1.94. The molecule has 0 bridgehead atoms. The van der Waals surface area contributed by atoms with Crippen molar-refractivity contribution in [3.8, 4) is 22.5 Å². The third kappa shape index (κ3) is 2.75. The molecule has 0 atom stereocenters. The predicted molar refractivity (Wildman–Crippen MR) is 79.6 cm³/mol. The standard InChI is InChI=1S/C14H9Cl2FN4/c1-21-7-9(6-18-21)14-19-12(15)11(13(16)20-14)8-3-2-4-10(17)5-8/h2-7H,1H3. The first-order chi connectivity index (χ1) is 10.0. The molecule has 0 fully saturated rings. The van der Waals surface area contributed by atoms with Gasteiger partial charge in [0.25, 0.3) is 0 Å².